The second-order valence-corrected chi connectivity index (χ2v) is 4.24. The number of hydrogen-bond donors (Lipinski definition) is 1. The van der Waals surface area contributed by atoms with E-state index in [2.05, 4.69) is 41.2 Å². The van der Waals surface area contributed by atoms with Crippen molar-refractivity contribution in [1.29, 1.82) is 0 Å². The summed E-state index contributed by atoms with van der Waals surface area (Å²) < 4.78 is 0. The van der Waals surface area contributed by atoms with Crippen LogP contribution >= 0.6 is 0 Å². The van der Waals surface area contributed by atoms with Gasteiger partial charge in [-0.1, -0.05) is 31.2 Å². The molecule has 0 aliphatic carbocycles. The number of rotatable bonds is 5. The van der Waals surface area contributed by atoms with Crippen molar-refractivity contribution in [1.82, 2.24) is 9.97 Å². The van der Waals surface area contributed by atoms with Crippen molar-refractivity contribution < 1.29 is 5.11 Å². The highest BCUT2D eigenvalue weighted by Gasteiger charge is 2.02. The molecule has 1 heterocycles. The first-order chi connectivity index (χ1) is 8.83. The Morgan fingerprint density at radius 1 is 1.11 bits per heavy atom. The van der Waals surface area contributed by atoms with Crippen LogP contribution < -0.4 is 0 Å². The van der Waals surface area contributed by atoms with Crippen LogP contribution in [0, 0.1) is 0 Å². The van der Waals surface area contributed by atoms with E-state index in [1.54, 1.807) is 6.20 Å². The second-order valence-electron chi connectivity index (χ2n) is 4.24. The van der Waals surface area contributed by atoms with Crippen LogP contribution in [0.2, 0.25) is 0 Å². The lowest BCUT2D eigenvalue weighted by molar-refractivity contribution is 0.287. The van der Waals surface area contributed by atoms with Gasteiger partial charge in [0.05, 0.1) is 5.69 Å². The van der Waals surface area contributed by atoms with Crippen molar-refractivity contribution in [3.05, 3.63) is 47.9 Å². The van der Waals surface area contributed by atoms with E-state index >= 15 is 0 Å². The van der Waals surface area contributed by atoms with E-state index in [9.17, 15) is 0 Å². The lowest BCUT2D eigenvalue weighted by Gasteiger charge is -2.04. The minimum Gasteiger partial charge on any atom is -0.396 e. The van der Waals surface area contributed by atoms with Gasteiger partial charge < -0.3 is 5.11 Å². The van der Waals surface area contributed by atoms with Crippen LogP contribution in [-0.2, 0) is 12.8 Å². The number of benzene rings is 1. The molecule has 0 radical (unpaired) electrons. The van der Waals surface area contributed by atoms with E-state index in [4.69, 9.17) is 5.11 Å². The first-order valence-corrected chi connectivity index (χ1v) is 6.35. The molecule has 18 heavy (non-hydrogen) atoms. The smallest absolute Gasteiger partial charge is 0.129 e. The summed E-state index contributed by atoms with van der Waals surface area (Å²) in [5.41, 5.74) is 3.38. The van der Waals surface area contributed by atoms with Crippen molar-refractivity contribution in [2.24, 2.45) is 0 Å². The van der Waals surface area contributed by atoms with Crippen LogP contribution in [0.15, 0.2) is 36.5 Å². The summed E-state index contributed by atoms with van der Waals surface area (Å²) in [6.45, 7) is 2.32. The Balaban J connectivity index is 2.20. The molecule has 2 rings (SSSR count). The minimum absolute atomic E-state index is 0.179. The second kappa shape index (κ2) is 6.26. The maximum atomic E-state index is 8.82. The zero-order valence-electron chi connectivity index (χ0n) is 10.6. The fourth-order valence-corrected chi connectivity index (χ4v) is 1.83. The molecule has 0 saturated carbocycles. The molecule has 0 aliphatic heterocycles. The van der Waals surface area contributed by atoms with Gasteiger partial charge in [-0.2, -0.15) is 0 Å². The van der Waals surface area contributed by atoms with Crippen molar-refractivity contribution in [3.63, 3.8) is 0 Å². The molecule has 3 nitrogen and oxygen atoms in total. The molecule has 94 valence electrons. The van der Waals surface area contributed by atoms with E-state index in [1.165, 1.54) is 5.56 Å². The van der Waals surface area contributed by atoms with Crippen molar-refractivity contribution in [2.75, 3.05) is 6.61 Å². The van der Waals surface area contributed by atoms with Crippen molar-refractivity contribution in [2.45, 2.75) is 26.2 Å². The molecule has 0 spiro atoms. The predicted molar refractivity (Wildman–Crippen MR) is 72.3 cm³/mol. The fourth-order valence-electron chi connectivity index (χ4n) is 1.83. The molecule has 0 amide bonds. The van der Waals surface area contributed by atoms with E-state index in [0.717, 1.165) is 29.9 Å². The topological polar surface area (TPSA) is 46.0 Å². The van der Waals surface area contributed by atoms with Crippen LogP contribution in [0.3, 0.4) is 0 Å². The fraction of sp³-hybridized carbons (Fsp3) is 0.333. The first-order valence-electron chi connectivity index (χ1n) is 6.35. The van der Waals surface area contributed by atoms with Crippen LogP contribution in [0.25, 0.3) is 11.3 Å². The Morgan fingerprint density at radius 2 is 1.89 bits per heavy atom. The summed E-state index contributed by atoms with van der Waals surface area (Å²) in [4.78, 5) is 8.73. The molecule has 0 aliphatic rings. The Kier molecular flexibility index (Phi) is 4.42. The number of nitrogens with zero attached hydrogens (tertiary/aromatic N) is 2. The first kappa shape index (κ1) is 12.7. The van der Waals surface area contributed by atoms with Gasteiger partial charge in [-0.05, 0) is 24.5 Å². The molecule has 3 heteroatoms. The van der Waals surface area contributed by atoms with Crippen LogP contribution in [0.4, 0.5) is 0 Å². The highest BCUT2D eigenvalue weighted by atomic mass is 16.2. The predicted octanol–water partition coefficient (Wildman–Crippen LogP) is 2.63. The molecular weight excluding hydrogens is 224 g/mol. The zero-order valence-corrected chi connectivity index (χ0v) is 10.6. The standard InChI is InChI=1S/C15H18N2O/c1-2-12-5-7-13(8-6-12)14-9-10-16-15(17-14)4-3-11-18/h5-10,18H,2-4,11H2,1H3. The maximum absolute atomic E-state index is 8.82. The van der Waals surface area contributed by atoms with Crippen LogP contribution in [0.5, 0.6) is 0 Å². The van der Waals surface area contributed by atoms with Crippen LogP contribution in [0.1, 0.15) is 24.7 Å². The van der Waals surface area contributed by atoms with E-state index in [1.807, 2.05) is 6.07 Å². The van der Waals surface area contributed by atoms with Gasteiger partial charge in [-0.25, -0.2) is 9.97 Å². The lowest BCUT2D eigenvalue weighted by atomic mass is 10.1. The summed E-state index contributed by atoms with van der Waals surface area (Å²) in [6.07, 6.45) is 4.25. The normalized spacial score (nSPS) is 10.6. The molecule has 1 aromatic heterocycles. The molecule has 0 unspecified atom stereocenters. The van der Waals surface area contributed by atoms with Gasteiger partial charge in [0, 0.05) is 24.8 Å². The third-order valence-corrected chi connectivity index (χ3v) is 2.92. The summed E-state index contributed by atoms with van der Waals surface area (Å²) in [7, 11) is 0. The summed E-state index contributed by atoms with van der Waals surface area (Å²) in [6, 6.07) is 10.4. The monoisotopic (exact) mass is 242 g/mol. The summed E-state index contributed by atoms with van der Waals surface area (Å²) in [5.74, 6) is 0.793. The Labute approximate surface area is 108 Å². The van der Waals surface area contributed by atoms with Gasteiger partial charge in [-0.3, -0.25) is 0 Å². The van der Waals surface area contributed by atoms with Crippen LogP contribution in [-0.4, -0.2) is 21.7 Å². The zero-order chi connectivity index (χ0) is 12.8. The number of aryl methyl sites for hydroxylation is 2. The van der Waals surface area contributed by atoms with Gasteiger partial charge >= 0.3 is 0 Å². The highest BCUT2D eigenvalue weighted by molar-refractivity contribution is 5.58. The van der Waals surface area contributed by atoms with Crippen molar-refractivity contribution >= 4 is 0 Å². The molecule has 1 aromatic carbocycles. The molecule has 2 aromatic rings. The lowest BCUT2D eigenvalue weighted by Crippen LogP contribution is -1.98. The van der Waals surface area contributed by atoms with E-state index in [-0.39, 0.29) is 6.61 Å². The number of hydrogen-bond acceptors (Lipinski definition) is 3. The Bertz CT molecular complexity index is 494. The van der Waals surface area contributed by atoms with Gasteiger partial charge in [-0.15, -0.1) is 0 Å². The molecule has 0 bridgehead atoms. The van der Waals surface area contributed by atoms with Gasteiger partial charge in [0.15, 0.2) is 0 Å². The highest BCUT2D eigenvalue weighted by Crippen LogP contribution is 2.17. The molecule has 0 atom stereocenters. The van der Waals surface area contributed by atoms with Gasteiger partial charge in [0.2, 0.25) is 0 Å². The average Bonchev–Trinajstić information content (AvgIpc) is 2.45. The van der Waals surface area contributed by atoms with E-state index < -0.39 is 0 Å². The number of aromatic nitrogens is 2. The molecular formula is C15H18N2O. The summed E-state index contributed by atoms with van der Waals surface area (Å²) >= 11 is 0. The SMILES string of the molecule is CCc1ccc(-c2ccnc(CCCO)n2)cc1. The number of aliphatic hydroxyl groups is 1. The van der Waals surface area contributed by atoms with Gasteiger partial charge in [0.25, 0.3) is 0 Å². The third kappa shape index (κ3) is 3.14. The average molecular weight is 242 g/mol. The maximum Gasteiger partial charge on any atom is 0.129 e. The minimum atomic E-state index is 0.179. The molecule has 0 fully saturated rings. The largest absolute Gasteiger partial charge is 0.396 e. The third-order valence-electron chi connectivity index (χ3n) is 2.92. The molecule has 1 N–H and O–H groups in total. The Morgan fingerprint density at radius 3 is 2.56 bits per heavy atom. The van der Waals surface area contributed by atoms with Gasteiger partial charge in [0.1, 0.15) is 5.82 Å². The van der Waals surface area contributed by atoms with Crippen molar-refractivity contribution in [3.8, 4) is 11.3 Å². The Hall–Kier alpha value is -1.74. The summed E-state index contributed by atoms with van der Waals surface area (Å²) in [5, 5.41) is 8.82. The quantitative estimate of drug-likeness (QED) is 0.876. The number of aliphatic hydroxyl groups excluding tert-OH is 1. The van der Waals surface area contributed by atoms with E-state index in [0.29, 0.717) is 6.42 Å². The molecule has 0 saturated heterocycles.